The van der Waals surface area contributed by atoms with Gasteiger partial charge in [-0.1, -0.05) is 35.3 Å². The summed E-state index contributed by atoms with van der Waals surface area (Å²) in [6.07, 6.45) is 1.83. The first-order valence-electron chi connectivity index (χ1n) is 11.2. The van der Waals surface area contributed by atoms with Crippen LogP contribution < -0.4 is 4.74 Å². The molecular weight excluding hydrogens is 617 g/mol. The van der Waals surface area contributed by atoms with E-state index in [1.54, 1.807) is 12.1 Å². The van der Waals surface area contributed by atoms with Gasteiger partial charge in [-0.3, -0.25) is 0 Å². The molecule has 6 rings (SSSR count). The molecule has 0 atom stereocenters. The minimum absolute atomic E-state index is 0. The van der Waals surface area contributed by atoms with Crippen LogP contribution in [0.1, 0.15) is 16.7 Å². The zero-order valence-corrected chi connectivity index (χ0v) is 21.7. The van der Waals surface area contributed by atoms with Crippen LogP contribution in [0.4, 0.5) is 0 Å². The van der Waals surface area contributed by atoms with Gasteiger partial charge in [-0.25, -0.2) is 9.97 Å². The molecule has 0 fully saturated rings. The summed E-state index contributed by atoms with van der Waals surface area (Å²) in [7, 11) is 0. The van der Waals surface area contributed by atoms with Crippen LogP contribution in [0, 0.1) is 26.8 Å². The van der Waals surface area contributed by atoms with Gasteiger partial charge in [0.05, 0.1) is 0 Å². The van der Waals surface area contributed by atoms with E-state index in [4.69, 9.17) is 4.74 Å². The third-order valence-electron chi connectivity index (χ3n) is 6.11. The molecule has 176 valence electrons. The Labute approximate surface area is 217 Å². The summed E-state index contributed by atoms with van der Waals surface area (Å²) in [5.74, 6) is 1.95. The SMILES string of the molecule is Cc1ccnc(-n2c3[c-]c(Oc4nc5c(O)cccc5cc4C)ccc3c3cc(C)ccc32)c1.[Pt]. The van der Waals surface area contributed by atoms with Gasteiger partial charge >= 0.3 is 0 Å². The Morgan fingerprint density at radius 1 is 0.886 bits per heavy atom. The van der Waals surface area contributed by atoms with Crippen molar-refractivity contribution in [3.05, 3.63) is 95.7 Å². The molecule has 6 aromatic rings. The predicted molar refractivity (Wildman–Crippen MR) is 135 cm³/mol. The zero-order valence-electron chi connectivity index (χ0n) is 19.4. The molecule has 0 saturated heterocycles. The van der Waals surface area contributed by atoms with Gasteiger partial charge in [0.25, 0.3) is 0 Å². The number of phenolic OH excluding ortho intramolecular Hbond substituents is 1. The number of hydrogen-bond donors (Lipinski definition) is 1. The monoisotopic (exact) mass is 639 g/mol. The molecule has 1 N–H and O–H groups in total. The number of pyridine rings is 2. The minimum atomic E-state index is 0. The Balaban J connectivity index is 0.00000253. The van der Waals surface area contributed by atoms with Crippen molar-refractivity contribution in [3.63, 3.8) is 0 Å². The molecule has 6 heteroatoms. The molecule has 0 unspecified atom stereocenters. The maximum atomic E-state index is 10.2. The van der Waals surface area contributed by atoms with E-state index in [9.17, 15) is 5.11 Å². The standard InChI is InChI=1S/C29H22N3O2.Pt/c1-17-7-10-24-23(13-17)22-9-8-21(16-25(22)32(24)27-14-18(2)11-12-30-27)34-29-19(3)15-20-5-4-6-26(33)28(20)31-29;/h4-15,33H,1-3H3;/q-1;. The van der Waals surface area contributed by atoms with Gasteiger partial charge < -0.3 is 14.4 Å². The Kier molecular flexibility index (Phi) is 5.82. The molecule has 0 aliphatic carbocycles. The van der Waals surface area contributed by atoms with Gasteiger partial charge in [-0.15, -0.1) is 17.5 Å². The summed E-state index contributed by atoms with van der Waals surface area (Å²) in [4.78, 5) is 9.22. The molecule has 0 aliphatic rings. The number of nitrogens with zero attached hydrogens (tertiary/aromatic N) is 3. The van der Waals surface area contributed by atoms with E-state index in [0.717, 1.165) is 44.1 Å². The third-order valence-corrected chi connectivity index (χ3v) is 6.11. The van der Waals surface area contributed by atoms with Crippen LogP contribution in [0.15, 0.2) is 72.9 Å². The summed E-state index contributed by atoms with van der Waals surface area (Å²) >= 11 is 0. The maximum absolute atomic E-state index is 10.2. The van der Waals surface area contributed by atoms with E-state index in [0.29, 0.717) is 17.1 Å². The number of benzene rings is 3. The summed E-state index contributed by atoms with van der Waals surface area (Å²) in [6, 6.07) is 25.2. The van der Waals surface area contributed by atoms with Gasteiger partial charge in [0.1, 0.15) is 17.1 Å². The summed E-state index contributed by atoms with van der Waals surface area (Å²) in [6.45, 7) is 6.10. The number of hydrogen-bond acceptors (Lipinski definition) is 4. The average molecular weight is 640 g/mol. The van der Waals surface area contributed by atoms with Crippen molar-refractivity contribution in [2.24, 2.45) is 0 Å². The summed E-state index contributed by atoms with van der Waals surface area (Å²) < 4.78 is 8.32. The maximum Gasteiger partial charge on any atom is 0.220 e. The van der Waals surface area contributed by atoms with E-state index < -0.39 is 0 Å². The second-order valence-electron chi connectivity index (χ2n) is 8.69. The Bertz CT molecular complexity index is 1740. The van der Waals surface area contributed by atoms with Gasteiger partial charge in [0, 0.05) is 49.5 Å². The van der Waals surface area contributed by atoms with Crippen molar-refractivity contribution in [2.45, 2.75) is 20.8 Å². The number of rotatable bonds is 3. The molecule has 0 aliphatic heterocycles. The van der Waals surface area contributed by atoms with Gasteiger partial charge in [0.15, 0.2) is 0 Å². The van der Waals surface area contributed by atoms with E-state index in [-0.39, 0.29) is 26.8 Å². The Morgan fingerprint density at radius 2 is 1.71 bits per heavy atom. The molecule has 0 spiro atoms. The second-order valence-corrected chi connectivity index (χ2v) is 8.69. The smallest absolute Gasteiger partial charge is 0.220 e. The molecule has 35 heavy (non-hydrogen) atoms. The molecule has 0 saturated carbocycles. The predicted octanol–water partition coefficient (Wildman–Crippen LogP) is 6.95. The summed E-state index contributed by atoms with van der Waals surface area (Å²) in [5, 5.41) is 13.3. The molecule has 3 aromatic heterocycles. The Morgan fingerprint density at radius 3 is 2.54 bits per heavy atom. The minimum Gasteiger partial charge on any atom is -0.506 e. The van der Waals surface area contributed by atoms with Crippen LogP contribution in [0.5, 0.6) is 17.4 Å². The van der Waals surface area contributed by atoms with Crippen molar-refractivity contribution in [2.75, 3.05) is 0 Å². The number of ether oxygens (including phenoxy) is 1. The first-order chi connectivity index (χ1) is 16.5. The molecule has 0 radical (unpaired) electrons. The molecule has 3 aromatic carbocycles. The van der Waals surface area contributed by atoms with Crippen molar-refractivity contribution in [3.8, 4) is 23.2 Å². The average Bonchev–Trinajstić information content (AvgIpc) is 3.13. The number of para-hydroxylation sites is 1. The van der Waals surface area contributed by atoms with Crippen LogP contribution in [0.25, 0.3) is 38.5 Å². The molecule has 0 bridgehead atoms. The first-order valence-corrected chi connectivity index (χ1v) is 11.2. The van der Waals surface area contributed by atoms with Gasteiger partial charge in [-0.05, 0) is 62.1 Å². The first kappa shape index (κ1) is 23.1. The molecular formula is C29H22N3O2Pt-. The molecule has 0 amide bonds. The number of aromatic nitrogens is 3. The molecule has 3 heterocycles. The number of phenols is 1. The fraction of sp³-hybridized carbons (Fsp3) is 0.103. The van der Waals surface area contributed by atoms with E-state index in [2.05, 4.69) is 64.8 Å². The third kappa shape index (κ3) is 3.96. The van der Waals surface area contributed by atoms with Gasteiger partial charge in [0.2, 0.25) is 5.88 Å². The summed E-state index contributed by atoms with van der Waals surface area (Å²) in [5.41, 5.74) is 5.67. The number of aryl methyl sites for hydroxylation is 3. The number of aromatic hydroxyl groups is 1. The normalized spacial score (nSPS) is 11.2. The van der Waals surface area contributed by atoms with Crippen LogP contribution in [0.2, 0.25) is 0 Å². The van der Waals surface area contributed by atoms with E-state index >= 15 is 0 Å². The van der Waals surface area contributed by atoms with Crippen LogP contribution in [-0.2, 0) is 21.1 Å². The number of fused-ring (bicyclic) bond motifs is 4. The van der Waals surface area contributed by atoms with E-state index in [1.807, 2.05) is 37.4 Å². The topological polar surface area (TPSA) is 60.2 Å². The molecule has 5 nitrogen and oxygen atoms in total. The van der Waals surface area contributed by atoms with Crippen LogP contribution in [0.3, 0.4) is 0 Å². The Hall–Kier alpha value is -3.69. The van der Waals surface area contributed by atoms with Gasteiger partial charge in [-0.2, -0.15) is 6.07 Å². The zero-order chi connectivity index (χ0) is 23.4. The fourth-order valence-electron chi connectivity index (χ4n) is 4.46. The fourth-order valence-corrected chi connectivity index (χ4v) is 4.46. The van der Waals surface area contributed by atoms with Crippen molar-refractivity contribution in [1.82, 2.24) is 14.5 Å². The largest absolute Gasteiger partial charge is 0.506 e. The second kappa shape index (κ2) is 8.83. The quantitative estimate of drug-likeness (QED) is 0.213. The van der Waals surface area contributed by atoms with Crippen LogP contribution in [-0.4, -0.2) is 19.6 Å². The van der Waals surface area contributed by atoms with Crippen molar-refractivity contribution in [1.29, 1.82) is 0 Å². The van der Waals surface area contributed by atoms with Crippen LogP contribution >= 0.6 is 0 Å². The van der Waals surface area contributed by atoms with E-state index in [1.165, 1.54) is 5.56 Å². The van der Waals surface area contributed by atoms with Crippen molar-refractivity contribution < 1.29 is 30.9 Å². The van der Waals surface area contributed by atoms with Crippen molar-refractivity contribution >= 4 is 32.7 Å².